The highest BCUT2D eigenvalue weighted by molar-refractivity contribution is 6.31. The van der Waals surface area contributed by atoms with Crippen molar-refractivity contribution < 1.29 is 29.0 Å². The summed E-state index contributed by atoms with van der Waals surface area (Å²) in [7, 11) is 1.47. The average molecular weight is 530 g/mol. The first-order valence-corrected chi connectivity index (χ1v) is 12.8. The van der Waals surface area contributed by atoms with Gasteiger partial charge in [-0.2, -0.15) is 0 Å². The van der Waals surface area contributed by atoms with E-state index < -0.39 is 23.7 Å². The standard InChI is InChI=1S/C30H24ClNO6/c1-14-11-23(34)27-22(28(14)35)13-21-18(25(27)19-8-7-17(33)12-24(19)38-2)9-10-20-26(21)30(37)32(29(20)36)16-5-3-15(31)4-6-16/h3-9,11-12,20-21,25-26,33H,10,13H2,1-2H3. The van der Waals surface area contributed by atoms with Gasteiger partial charge in [-0.25, -0.2) is 0 Å². The van der Waals surface area contributed by atoms with Crippen LogP contribution < -0.4 is 9.64 Å². The van der Waals surface area contributed by atoms with E-state index in [-0.39, 0.29) is 35.6 Å². The van der Waals surface area contributed by atoms with Crippen molar-refractivity contribution in [2.45, 2.75) is 25.7 Å². The van der Waals surface area contributed by atoms with Gasteiger partial charge in [0.25, 0.3) is 0 Å². The number of carbonyl (C=O) groups is 4. The number of phenolic OH excluding ortho intramolecular Hbond substituents is 1. The molecule has 38 heavy (non-hydrogen) atoms. The number of aromatic hydroxyl groups is 1. The van der Waals surface area contributed by atoms with Gasteiger partial charge in [-0.05, 0) is 62.1 Å². The third-order valence-corrected chi connectivity index (χ3v) is 8.43. The molecule has 1 heterocycles. The Morgan fingerprint density at radius 3 is 2.45 bits per heavy atom. The van der Waals surface area contributed by atoms with Gasteiger partial charge in [0, 0.05) is 39.3 Å². The summed E-state index contributed by atoms with van der Waals surface area (Å²) in [6.07, 6.45) is 3.84. The van der Waals surface area contributed by atoms with Crippen LogP contribution in [0.1, 0.15) is 31.2 Å². The first kappa shape index (κ1) is 24.4. The number of rotatable bonds is 3. The number of hydrogen-bond donors (Lipinski definition) is 1. The molecule has 6 rings (SSSR count). The molecule has 192 valence electrons. The van der Waals surface area contributed by atoms with Crippen molar-refractivity contribution in [3.8, 4) is 11.5 Å². The minimum Gasteiger partial charge on any atom is -0.508 e. The van der Waals surface area contributed by atoms with Crippen LogP contribution >= 0.6 is 11.6 Å². The molecule has 1 aliphatic heterocycles. The lowest BCUT2D eigenvalue weighted by Crippen LogP contribution is -2.39. The quantitative estimate of drug-likeness (QED) is 0.352. The maximum Gasteiger partial charge on any atom is 0.238 e. The Bertz CT molecular complexity index is 1530. The predicted molar refractivity (Wildman–Crippen MR) is 140 cm³/mol. The summed E-state index contributed by atoms with van der Waals surface area (Å²) in [5.74, 6) is -3.05. The number of allylic oxidation sites excluding steroid dienone is 6. The first-order chi connectivity index (χ1) is 18.2. The number of hydrogen-bond acceptors (Lipinski definition) is 6. The van der Waals surface area contributed by atoms with E-state index in [2.05, 4.69) is 0 Å². The molecule has 3 aliphatic carbocycles. The van der Waals surface area contributed by atoms with Crippen LogP contribution in [-0.4, -0.2) is 35.6 Å². The van der Waals surface area contributed by atoms with Gasteiger partial charge in [0.15, 0.2) is 11.6 Å². The van der Waals surface area contributed by atoms with Crippen molar-refractivity contribution in [1.29, 1.82) is 0 Å². The molecule has 7 nitrogen and oxygen atoms in total. The largest absolute Gasteiger partial charge is 0.508 e. The lowest BCUT2D eigenvalue weighted by molar-refractivity contribution is -0.123. The summed E-state index contributed by atoms with van der Waals surface area (Å²) in [4.78, 5) is 55.4. The molecule has 8 heteroatoms. The van der Waals surface area contributed by atoms with E-state index in [0.717, 1.165) is 5.57 Å². The van der Waals surface area contributed by atoms with Gasteiger partial charge in [-0.3, -0.25) is 24.1 Å². The highest BCUT2D eigenvalue weighted by atomic mass is 35.5. The Morgan fingerprint density at radius 1 is 1.00 bits per heavy atom. The van der Waals surface area contributed by atoms with Gasteiger partial charge in [0.2, 0.25) is 11.8 Å². The number of fused-ring (bicyclic) bond motifs is 3. The Morgan fingerprint density at radius 2 is 1.74 bits per heavy atom. The van der Waals surface area contributed by atoms with Crippen molar-refractivity contribution in [3.63, 3.8) is 0 Å². The number of methoxy groups -OCH3 is 1. The molecule has 4 aliphatic rings. The number of ether oxygens (including phenoxy) is 1. The Kier molecular flexibility index (Phi) is 5.65. The van der Waals surface area contributed by atoms with Gasteiger partial charge in [0.05, 0.1) is 24.6 Å². The first-order valence-electron chi connectivity index (χ1n) is 12.4. The smallest absolute Gasteiger partial charge is 0.238 e. The van der Waals surface area contributed by atoms with E-state index in [1.165, 1.54) is 30.2 Å². The predicted octanol–water partition coefficient (Wildman–Crippen LogP) is 4.69. The molecule has 1 N–H and O–H groups in total. The third kappa shape index (κ3) is 3.49. The van der Waals surface area contributed by atoms with Crippen LogP contribution in [-0.2, 0) is 19.2 Å². The van der Waals surface area contributed by atoms with Gasteiger partial charge >= 0.3 is 0 Å². The number of halogens is 1. The Hall–Kier alpha value is -3.97. The van der Waals surface area contributed by atoms with Crippen LogP contribution in [0.5, 0.6) is 11.5 Å². The maximum atomic E-state index is 13.9. The topological polar surface area (TPSA) is 101 Å². The molecule has 1 saturated heterocycles. The Balaban J connectivity index is 1.51. The molecule has 0 spiro atoms. The number of carbonyl (C=O) groups excluding carboxylic acids is 4. The minimum absolute atomic E-state index is 0.00168. The van der Waals surface area contributed by atoms with Crippen LogP contribution in [0.2, 0.25) is 5.02 Å². The number of imide groups is 1. The van der Waals surface area contributed by atoms with Crippen molar-refractivity contribution >= 4 is 40.7 Å². The molecule has 0 saturated carbocycles. The van der Waals surface area contributed by atoms with Crippen molar-refractivity contribution in [2.24, 2.45) is 17.8 Å². The zero-order valence-corrected chi connectivity index (χ0v) is 21.5. The summed E-state index contributed by atoms with van der Waals surface area (Å²) in [5.41, 5.74) is 2.99. The molecule has 4 atom stereocenters. The second-order valence-electron chi connectivity index (χ2n) is 10.1. The summed E-state index contributed by atoms with van der Waals surface area (Å²) in [5, 5.41) is 10.6. The summed E-state index contributed by atoms with van der Waals surface area (Å²) in [6, 6.07) is 11.2. The molecule has 0 bridgehead atoms. The molecule has 4 unspecified atom stereocenters. The number of anilines is 1. The van der Waals surface area contributed by atoms with Crippen LogP contribution in [0.25, 0.3) is 0 Å². The molecule has 0 radical (unpaired) electrons. The molecule has 0 aromatic heterocycles. The number of Topliss-reactive ketones (excluding diaryl/α,β-unsaturated/α-hetero) is 1. The van der Waals surface area contributed by atoms with Gasteiger partial charge in [0.1, 0.15) is 11.5 Å². The van der Waals surface area contributed by atoms with E-state index in [0.29, 0.717) is 45.2 Å². The fourth-order valence-corrected chi connectivity index (χ4v) is 6.65. The molecular formula is C30H24ClNO6. The van der Waals surface area contributed by atoms with Crippen molar-refractivity contribution in [1.82, 2.24) is 0 Å². The highest BCUT2D eigenvalue weighted by Crippen LogP contribution is 2.56. The number of nitrogens with zero attached hydrogens (tertiary/aromatic N) is 1. The highest BCUT2D eigenvalue weighted by Gasteiger charge is 2.56. The van der Waals surface area contributed by atoms with Gasteiger partial charge in [-0.1, -0.05) is 29.3 Å². The minimum atomic E-state index is -0.674. The van der Waals surface area contributed by atoms with Crippen molar-refractivity contribution in [2.75, 3.05) is 12.0 Å². The molecule has 1 fully saturated rings. The van der Waals surface area contributed by atoms with Crippen LogP contribution in [0.3, 0.4) is 0 Å². The zero-order chi connectivity index (χ0) is 26.9. The number of amides is 2. The van der Waals surface area contributed by atoms with Crippen LogP contribution in [0.4, 0.5) is 5.69 Å². The molecule has 2 aromatic rings. The molecule has 2 aromatic carbocycles. The van der Waals surface area contributed by atoms with E-state index >= 15 is 0 Å². The lowest BCUT2D eigenvalue weighted by Gasteiger charge is -2.42. The van der Waals surface area contributed by atoms with Gasteiger partial charge < -0.3 is 9.84 Å². The van der Waals surface area contributed by atoms with Crippen LogP contribution in [0.15, 0.2) is 76.9 Å². The second kappa shape index (κ2) is 8.81. The van der Waals surface area contributed by atoms with Gasteiger partial charge in [-0.15, -0.1) is 0 Å². The number of phenols is 1. The summed E-state index contributed by atoms with van der Waals surface area (Å²) in [6.45, 7) is 1.61. The van der Waals surface area contributed by atoms with Crippen LogP contribution in [0, 0.1) is 17.8 Å². The molecular weight excluding hydrogens is 506 g/mol. The Labute approximate surface area is 224 Å². The zero-order valence-electron chi connectivity index (χ0n) is 20.7. The third-order valence-electron chi connectivity index (χ3n) is 8.18. The maximum absolute atomic E-state index is 13.9. The normalized spacial score (nSPS) is 26.6. The van der Waals surface area contributed by atoms with Crippen molar-refractivity contribution in [3.05, 3.63) is 87.5 Å². The second-order valence-corrected chi connectivity index (χ2v) is 10.6. The monoisotopic (exact) mass is 529 g/mol. The summed E-state index contributed by atoms with van der Waals surface area (Å²) >= 11 is 6.02. The molecule has 2 amide bonds. The van der Waals surface area contributed by atoms with E-state index in [1.807, 2.05) is 6.08 Å². The van der Waals surface area contributed by atoms with E-state index in [4.69, 9.17) is 16.3 Å². The summed E-state index contributed by atoms with van der Waals surface area (Å²) < 4.78 is 5.57. The number of benzene rings is 2. The lowest BCUT2D eigenvalue weighted by atomic mass is 9.59. The average Bonchev–Trinajstić information content (AvgIpc) is 3.16. The number of ketones is 2. The SMILES string of the molecule is COc1cc(O)ccc1C1C2=CCC3C(=O)N(c4ccc(Cl)cc4)C(=O)C3C2CC2=C1C(=O)C=C(C)C2=O. The fourth-order valence-electron chi connectivity index (χ4n) is 6.52. The fraction of sp³-hybridized carbons (Fsp3) is 0.267. The van der Waals surface area contributed by atoms with E-state index in [1.54, 1.807) is 37.3 Å². The van der Waals surface area contributed by atoms with E-state index in [9.17, 15) is 24.3 Å².